The van der Waals surface area contributed by atoms with Crippen molar-refractivity contribution in [1.29, 1.82) is 0 Å². The molecule has 0 saturated carbocycles. The number of para-hydroxylation sites is 2. The van der Waals surface area contributed by atoms with Gasteiger partial charge in [0.25, 0.3) is 0 Å². The lowest BCUT2D eigenvalue weighted by molar-refractivity contribution is 1.25. The first-order valence-corrected chi connectivity index (χ1v) is 6.13. The number of hydrogen-bond acceptors (Lipinski definition) is 2. The molecule has 0 bridgehead atoms. The Balaban J connectivity index is 1.93. The maximum Gasteiger partial charge on any atom is 0.157 e. The Morgan fingerprint density at radius 2 is 1.79 bits per heavy atom. The highest BCUT2D eigenvalue weighted by Gasteiger charge is 2.06. The van der Waals surface area contributed by atoms with Crippen molar-refractivity contribution in [2.75, 3.05) is 0 Å². The molecular weight excluding hydrogens is 234 g/mol. The number of benzene rings is 2. The molecule has 0 aliphatic heterocycles. The van der Waals surface area contributed by atoms with Gasteiger partial charge in [-0.3, -0.25) is 0 Å². The fourth-order valence-corrected chi connectivity index (χ4v) is 2.22. The van der Waals surface area contributed by atoms with Crippen LogP contribution in [-0.2, 0) is 0 Å². The van der Waals surface area contributed by atoms with Gasteiger partial charge in [0, 0.05) is 5.39 Å². The van der Waals surface area contributed by atoms with Crippen LogP contribution in [-0.4, -0.2) is 15.0 Å². The lowest BCUT2D eigenvalue weighted by Gasteiger charge is -1.98. The fourth-order valence-electron chi connectivity index (χ4n) is 2.22. The van der Waals surface area contributed by atoms with E-state index in [4.69, 9.17) is 0 Å². The second-order valence-electron chi connectivity index (χ2n) is 4.44. The van der Waals surface area contributed by atoms with E-state index in [0.29, 0.717) is 0 Å². The van der Waals surface area contributed by atoms with Crippen molar-refractivity contribution < 1.29 is 0 Å². The highest BCUT2D eigenvalue weighted by molar-refractivity contribution is 5.85. The Morgan fingerprint density at radius 1 is 0.947 bits per heavy atom. The Morgan fingerprint density at radius 3 is 2.74 bits per heavy atom. The van der Waals surface area contributed by atoms with Crippen LogP contribution in [0.5, 0.6) is 0 Å². The molecule has 3 heteroatoms. The van der Waals surface area contributed by atoms with Gasteiger partial charge in [-0.15, -0.1) is 0 Å². The third kappa shape index (κ3) is 1.67. The molecule has 0 fully saturated rings. The maximum absolute atomic E-state index is 4.55. The predicted octanol–water partition coefficient (Wildman–Crippen LogP) is 3.58. The van der Waals surface area contributed by atoms with Crippen molar-refractivity contribution in [1.82, 2.24) is 15.0 Å². The van der Waals surface area contributed by atoms with Crippen molar-refractivity contribution in [2.45, 2.75) is 0 Å². The number of aromatic amines is 1. The first-order chi connectivity index (χ1) is 9.40. The van der Waals surface area contributed by atoms with Crippen LogP contribution in [0.4, 0.5) is 0 Å². The van der Waals surface area contributed by atoms with Gasteiger partial charge >= 0.3 is 0 Å². The molecule has 4 rings (SSSR count). The number of aromatic nitrogens is 3. The second kappa shape index (κ2) is 3.92. The minimum atomic E-state index is 0.781. The zero-order valence-electron chi connectivity index (χ0n) is 10.1. The number of hydrogen-bond donors (Lipinski definition) is 1. The van der Waals surface area contributed by atoms with Crippen LogP contribution < -0.4 is 0 Å². The molecule has 0 saturated heterocycles. The number of fused-ring (bicyclic) bond motifs is 2. The van der Waals surface area contributed by atoms with Gasteiger partial charge in [0.05, 0.1) is 17.2 Å². The molecule has 0 spiro atoms. The average molecular weight is 244 g/mol. The summed E-state index contributed by atoms with van der Waals surface area (Å²) in [5.41, 5.74) is 2.79. The van der Waals surface area contributed by atoms with Crippen molar-refractivity contribution >= 4 is 21.8 Å². The van der Waals surface area contributed by atoms with Crippen LogP contribution in [0.3, 0.4) is 0 Å². The summed E-state index contributed by atoms with van der Waals surface area (Å²) in [6.07, 6.45) is 3.05. The summed E-state index contributed by atoms with van der Waals surface area (Å²) in [6, 6.07) is 18.1. The van der Waals surface area contributed by atoms with E-state index in [1.165, 1.54) is 0 Å². The molecule has 89 valence electrons. The normalized spacial score (nSPS) is 11.2. The summed E-state index contributed by atoms with van der Waals surface area (Å²) in [4.78, 5) is 12.2. The summed E-state index contributed by atoms with van der Waals surface area (Å²) < 4.78 is 0. The highest BCUT2D eigenvalue weighted by atomic mass is 14.9. The van der Waals surface area contributed by atoms with Gasteiger partial charge < -0.3 is 4.98 Å². The van der Waals surface area contributed by atoms with Gasteiger partial charge in [-0.1, -0.05) is 36.4 Å². The van der Waals surface area contributed by atoms with Crippen LogP contribution in [0.15, 0.2) is 54.6 Å². The summed E-state index contributed by atoms with van der Waals surface area (Å²) >= 11 is 0. The molecule has 2 heterocycles. The summed E-state index contributed by atoms with van der Waals surface area (Å²) in [6.45, 7) is 0. The van der Waals surface area contributed by atoms with E-state index in [0.717, 1.165) is 33.3 Å². The van der Waals surface area contributed by atoms with Crippen LogP contribution >= 0.6 is 0 Å². The number of imidazole rings is 1. The number of H-pyrrole nitrogens is 1. The van der Waals surface area contributed by atoms with E-state index in [1.54, 1.807) is 0 Å². The van der Waals surface area contributed by atoms with Gasteiger partial charge in [0.2, 0.25) is 0 Å². The number of pyridine rings is 1. The third-order valence-corrected chi connectivity index (χ3v) is 3.18. The molecule has 2 aromatic heterocycles. The molecular formula is C16H10N3. The van der Waals surface area contributed by atoms with Crippen molar-refractivity contribution in [3.05, 3.63) is 60.8 Å². The van der Waals surface area contributed by atoms with Crippen LogP contribution in [0.2, 0.25) is 0 Å². The topological polar surface area (TPSA) is 41.6 Å². The molecule has 0 amide bonds. The summed E-state index contributed by atoms with van der Waals surface area (Å²) in [5, 5.41) is 2.13. The van der Waals surface area contributed by atoms with Crippen LogP contribution in [0, 0.1) is 6.20 Å². The molecule has 0 aliphatic carbocycles. The Bertz CT molecular complexity index is 844. The fraction of sp³-hybridized carbons (Fsp3) is 0. The summed E-state index contributed by atoms with van der Waals surface area (Å²) in [7, 11) is 0. The SMILES string of the molecule is [c]1nc(-c2nc3ccccc3[nH]2)cc2ccccc12. The van der Waals surface area contributed by atoms with Gasteiger partial charge in [-0.25, -0.2) is 9.97 Å². The molecule has 2 aromatic carbocycles. The lowest BCUT2D eigenvalue weighted by atomic mass is 10.1. The van der Waals surface area contributed by atoms with E-state index >= 15 is 0 Å². The molecule has 0 unspecified atom stereocenters. The predicted molar refractivity (Wildman–Crippen MR) is 75.7 cm³/mol. The lowest BCUT2D eigenvalue weighted by Crippen LogP contribution is -1.86. The molecule has 1 N–H and O–H groups in total. The van der Waals surface area contributed by atoms with E-state index < -0.39 is 0 Å². The number of nitrogens with one attached hydrogen (secondary N) is 1. The Labute approximate surface area is 110 Å². The van der Waals surface area contributed by atoms with Crippen LogP contribution in [0.25, 0.3) is 33.3 Å². The summed E-state index contributed by atoms with van der Waals surface area (Å²) in [5.74, 6) is 0.781. The number of rotatable bonds is 1. The van der Waals surface area contributed by atoms with E-state index in [1.807, 2.05) is 48.5 Å². The number of nitrogens with zero attached hydrogens (tertiary/aromatic N) is 2. The van der Waals surface area contributed by atoms with Gasteiger partial charge in [-0.2, -0.15) is 0 Å². The smallest absolute Gasteiger partial charge is 0.157 e. The monoisotopic (exact) mass is 244 g/mol. The van der Waals surface area contributed by atoms with E-state index in [2.05, 4.69) is 27.2 Å². The molecule has 0 aliphatic rings. The molecule has 3 nitrogen and oxygen atoms in total. The maximum atomic E-state index is 4.55. The third-order valence-electron chi connectivity index (χ3n) is 3.18. The Hall–Kier alpha value is -2.68. The molecule has 0 atom stereocenters. The van der Waals surface area contributed by atoms with Gasteiger partial charge in [-0.05, 0) is 23.6 Å². The minimum absolute atomic E-state index is 0.781. The van der Waals surface area contributed by atoms with Gasteiger partial charge in [0.15, 0.2) is 5.82 Å². The zero-order valence-corrected chi connectivity index (χ0v) is 10.1. The van der Waals surface area contributed by atoms with Crippen molar-refractivity contribution in [3.8, 4) is 11.5 Å². The van der Waals surface area contributed by atoms with E-state index in [9.17, 15) is 0 Å². The Kier molecular flexibility index (Phi) is 2.12. The second-order valence-corrected chi connectivity index (χ2v) is 4.44. The molecule has 4 aromatic rings. The van der Waals surface area contributed by atoms with E-state index in [-0.39, 0.29) is 0 Å². The quantitative estimate of drug-likeness (QED) is 0.556. The van der Waals surface area contributed by atoms with Crippen molar-refractivity contribution in [2.24, 2.45) is 0 Å². The van der Waals surface area contributed by atoms with Gasteiger partial charge in [0.1, 0.15) is 5.69 Å². The standard InChI is InChI=1S/C16H10N3/c1-2-6-12-10-17-15(9-11(12)5-1)16-18-13-7-3-4-8-14(13)19-16/h1-9H,(H,18,19). The first-order valence-electron chi connectivity index (χ1n) is 6.13. The highest BCUT2D eigenvalue weighted by Crippen LogP contribution is 2.21. The van der Waals surface area contributed by atoms with Crippen molar-refractivity contribution in [3.63, 3.8) is 0 Å². The van der Waals surface area contributed by atoms with Crippen LogP contribution in [0.1, 0.15) is 0 Å². The first kappa shape index (κ1) is 10.3. The average Bonchev–Trinajstić information content (AvgIpc) is 2.90. The minimum Gasteiger partial charge on any atom is -0.337 e. The molecule has 1 radical (unpaired) electrons. The zero-order chi connectivity index (χ0) is 12.7. The molecule has 19 heavy (non-hydrogen) atoms. The largest absolute Gasteiger partial charge is 0.337 e.